The monoisotopic (exact) mass is 378 g/mol. The van der Waals surface area contributed by atoms with Crippen molar-refractivity contribution in [3.8, 4) is 5.75 Å². The molecule has 1 fully saturated rings. The second-order valence-corrected chi connectivity index (χ2v) is 7.72. The van der Waals surface area contributed by atoms with Crippen molar-refractivity contribution in [1.29, 1.82) is 0 Å². The van der Waals surface area contributed by atoms with Crippen molar-refractivity contribution in [2.75, 3.05) is 32.8 Å². The molecule has 1 aliphatic rings. The van der Waals surface area contributed by atoms with Gasteiger partial charge in [-0.25, -0.2) is 12.8 Å². The van der Waals surface area contributed by atoms with Gasteiger partial charge in [0.2, 0.25) is 10.0 Å². The van der Waals surface area contributed by atoms with Crippen molar-refractivity contribution in [3.63, 3.8) is 0 Å². The average molecular weight is 378 g/mol. The second-order valence-electron chi connectivity index (χ2n) is 5.82. The van der Waals surface area contributed by atoms with Crippen molar-refractivity contribution in [1.82, 2.24) is 9.21 Å². The highest BCUT2D eigenvalue weighted by molar-refractivity contribution is 7.89. The number of piperazine rings is 1. The third kappa shape index (κ3) is 4.03. The highest BCUT2D eigenvalue weighted by Crippen LogP contribution is 2.20. The molecule has 1 saturated heterocycles. The molecule has 0 saturated carbocycles. The van der Waals surface area contributed by atoms with Crippen molar-refractivity contribution < 1.29 is 22.3 Å². The Balaban J connectivity index is 1.57. The molecule has 1 amide bonds. The zero-order valence-corrected chi connectivity index (χ0v) is 14.9. The number of halogens is 1. The van der Waals surface area contributed by atoms with Crippen LogP contribution in [-0.4, -0.2) is 56.3 Å². The molecular formula is C18H19FN2O4S. The quantitative estimate of drug-likeness (QED) is 0.795. The van der Waals surface area contributed by atoms with Crippen LogP contribution in [0.3, 0.4) is 0 Å². The van der Waals surface area contributed by atoms with E-state index >= 15 is 0 Å². The molecule has 1 aliphatic heterocycles. The lowest BCUT2D eigenvalue weighted by Gasteiger charge is -2.34. The highest BCUT2D eigenvalue weighted by Gasteiger charge is 2.31. The molecule has 3 rings (SSSR count). The number of nitrogens with zero attached hydrogens (tertiary/aromatic N) is 2. The molecule has 2 aromatic rings. The lowest BCUT2D eigenvalue weighted by Crippen LogP contribution is -2.51. The Labute approximate surface area is 151 Å². The van der Waals surface area contributed by atoms with Crippen LogP contribution in [0.15, 0.2) is 59.5 Å². The minimum Gasteiger partial charge on any atom is -0.484 e. The molecule has 0 atom stereocenters. The first-order valence-corrected chi connectivity index (χ1v) is 9.63. The third-order valence-corrected chi connectivity index (χ3v) is 6.08. The summed E-state index contributed by atoms with van der Waals surface area (Å²) in [5.74, 6) is -0.388. The molecular weight excluding hydrogens is 359 g/mol. The maximum absolute atomic E-state index is 13.8. The highest BCUT2D eigenvalue weighted by atomic mass is 32.2. The largest absolute Gasteiger partial charge is 0.484 e. The van der Waals surface area contributed by atoms with Gasteiger partial charge in [0.05, 0.1) is 0 Å². The van der Waals surface area contributed by atoms with Crippen LogP contribution in [0.2, 0.25) is 0 Å². The van der Waals surface area contributed by atoms with Gasteiger partial charge in [0.1, 0.15) is 16.5 Å². The molecule has 0 bridgehead atoms. The van der Waals surface area contributed by atoms with Crippen molar-refractivity contribution >= 4 is 15.9 Å². The maximum atomic E-state index is 13.8. The first kappa shape index (κ1) is 18.3. The molecule has 26 heavy (non-hydrogen) atoms. The van der Waals surface area contributed by atoms with E-state index < -0.39 is 15.8 Å². The topological polar surface area (TPSA) is 66.9 Å². The number of para-hydroxylation sites is 1. The fourth-order valence-corrected chi connectivity index (χ4v) is 4.21. The Bertz CT molecular complexity index is 866. The van der Waals surface area contributed by atoms with E-state index in [1.807, 2.05) is 18.2 Å². The summed E-state index contributed by atoms with van der Waals surface area (Å²) in [6, 6.07) is 14.3. The van der Waals surface area contributed by atoms with Crippen molar-refractivity contribution in [2.24, 2.45) is 0 Å². The van der Waals surface area contributed by atoms with Crippen LogP contribution < -0.4 is 4.74 Å². The summed E-state index contributed by atoms with van der Waals surface area (Å²) < 4.78 is 45.6. The Morgan fingerprint density at radius 1 is 0.962 bits per heavy atom. The van der Waals surface area contributed by atoms with E-state index in [1.54, 1.807) is 17.0 Å². The lowest BCUT2D eigenvalue weighted by atomic mass is 10.3. The van der Waals surface area contributed by atoms with E-state index in [2.05, 4.69) is 0 Å². The fourth-order valence-electron chi connectivity index (χ4n) is 2.72. The van der Waals surface area contributed by atoms with Crippen LogP contribution >= 0.6 is 0 Å². The Hall–Kier alpha value is -2.45. The van der Waals surface area contributed by atoms with E-state index in [1.165, 1.54) is 22.5 Å². The zero-order chi connectivity index (χ0) is 18.6. The fraction of sp³-hybridized carbons (Fsp3) is 0.278. The molecule has 138 valence electrons. The zero-order valence-electron chi connectivity index (χ0n) is 14.0. The molecule has 1 heterocycles. The van der Waals surface area contributed by atoms with Gasteiger partial charge in [-0.1, -0.05) is 30.3 Å². The van der Waals surface area contributed by atoms with E-state index in [0.29, 0.717) is 5.75 Å². The SMILES string of the molecule is O=C(COc1ccccc1)N1CCN(S(=O)(=O)c2ccccc2F)CC1. The number of amides is 1. The van der Waals surface area contributed by atoms with Gasteiger partial charge in [-0.2, -0.15) is 4.31 Å². The summed E-state index contributed by atoms with van der Waals surface area (Å²) in [7, 11) is -3.91. The Morgan fingerprint density at radius 3 is 2.23 bits per heavy atom. The summed E-state index contributed by atoms with van der Waals surface area (Å²) in [5, 5.41) is 0. The lowest BCUT2D eigenvalue weighted by molar-refractivity contribution is -0.134. The third-order valence-electron chi connectivity index (χ3n) is 4.15. The molecule has 6 nitrogen and oxygen atoms in total. The smallest absolute Gasteiger partial charge is 0.260 e. The summed E-state index contributed by atoms with van der Waals surface area (Å²) in [6.07, 6.45) is 0. The van der Waals surface area contributed by atoms with Gasteiger partial charge in [-0.3, -0.25) is 4.79 Å². The Kier molecular flexibility index (Phi) is 5.53. The van der Waals surface area contributed by atoms with E-state index in [9.17, 15) is 17.6 Å². The van der Waals surface area contributed by atoms with E-state index in [0.717, 1.165) is 6.07 Å². The minimum atomic E-state index is -3.91. The number of hydrogen-bond acceptors (Lipinski definition) is 4. The summed E-state index contributed by atoms with van der Waals surface area (Å²) in [4.78, 5) is 13.4. The predicted molar refractivity (Wildman–Crippen MR) is 93.7 cm³/mol. The number of ether oxygens (including phenoxy) is 1. The van der Waals surface area contributed by atoms with Gasteiger partial charge in [0, 0.05) is 26.2 Å². The first-order valence-electron chi connectivity index (χ1n) is 8.19. The minimum absolute atomic E-state index is 0.107. The second kappa shape index (κ2) is 7.84. The van der Waals surface area contributed by atoms with Gasteiger partial charge >= 0.3 is 0 Å². The predicted octanol–water partition coefficient (Wildman–Crippen LogP) is 1.74. The molecule has 0 radical (unpaired) electrons. The molecule has 0 N–H and O–H groups in total. The normalized spacial score (nSPS) is 15.7. The van der Waals surface area contributed by atoms with Gasteiger partial charge < -0.3 is 9.64 Å². The summed E-state index contributed by atoms with van der Waals surface area (Å²) in [5.41, 5.74) is 0. The van der Waals surface area contributed by atoms with E-state index in [4.69, 9.17) is 4.74 Å². The van der Waals surface area contributed by atoms with Gasteiger partial charge in [-0.05, 0) is 24.3 Å². The van der Waals surface area contributed by atoms with Gasteiger partial charge in [-0.15, -0.1) is 0 Å². The number of carbonyl (C=O) groups is 1. The number of carbonyl (C=O) groups excluding carboxylic acids is 1. The van der Waals surface area contributed by atoms with E-state index in [-0.39, 0.29) is 43.6 Å². The number of hydrogen-bond donors (Lipinski definition) is 0. The Morgan fingerprint density at radius 2 is 1.58 bits per heavy atom. The van der Waals surface area contributed by atoms with Crippen LogP contribution in [0.5, 0.6) is 5.75 Å². The number of sulfonamides is 1. The van der Waals surface area contributed by atoms with Crippen LogP contribution in [0.4, 0.5) is 4.39 Å². The first-order chi connectivity index (χ1) is 12.5. The van der Waals surface area contributed by atoms with Gasteiger partial charge in [0.25, 0.3) is 5.91 Å². The number of benzene rings is 2. The maximum Gasteiger partial charge on any atom is 0.260 e. The van der Waals surface area contributed by atoms with Crippen LogP contribution in [0.25, 0.3) is 0 Å². The summed E-state index contributed by atoms with van der Waals surface area (Å²) in [6.45, 7) is 0.612. The van der Waals surface area contributed by atoms with Crippen LogP contribution in [0.1, 0.15) is 0 Å². The van der Waals surface area contributed by atoms with Crippen LogP contribution in [-0.2, 0) is 14.8 Å². The summed E-state index contributed by atoms with van der Waals surface area (Å²) >= 11 is 0. The molecule has 0 aliphatic carbocycles. The van der Waals surface area contributed by atoms with Crippen molar-refractivity contribution in [2.45, 2.75) is 4.90 Å². The average Bonchev–Trinajstić information content (AvgIpc) is 2.67. The van der Waals surface area contributed by atoms with Gasteiger partial charge in [0.15, 0.2) is 6.61 Å². The molecule has 2 aromatic carbocycles. The molecule has 8 heteroatoms. The standard InChI is InChI=1S/C18H19FN2O4S/c19-16-8-4-5-9-17(16)26(23,24)21-12-10-20(11-13-21)18(22)14-25-15-6-2-1-3-7-15/h1-9H,10-14H2. The van der Waals surface area contributed by atoms with Crippen LogP contribution in [0, 0.1) is 5.82 Å². The molecule has 0 spiro atoms. The number of rotatable bonds is 5. The molecule has 0 aromatic heterocycles. The molecule has 0 unspecified atom stereocenters. The van der Waals surface area contributed by atoms with Crippen molar-refractivity contribution in [3.05, 3.63) is 60.4 Å².